The summed E-state index contributed by atoms with van der Waals surface area (Å²) in [6.07, 6.45) is 5.74. The fraction of sp³-hybridized carbons (Fsp3) is 0.909. The van der Waals surface area contributed by atoms with Crippen molar-refractivity contribution in [2.24, 2.45) is 10.9 Å². The predicted octanol–water partition coefficient (Wildman–Crippen LogP) is 0.534. The average Bonchev–Trinajstić information content (AvgIpc) is 2.53. The van der Waals surface area contributed by atoms with E-state index < -0.39 is 0 Å². The van der Waals surface area contributed by atoms with E-state index in [0.29, 0.717) is 25.4 Å². The minimum Gasteiger partial charge on any atom is -0.396 e. The van der Waals surface area contributed by atoms with Crippen LogP contribution in [0.5, 0.6) is 0 Å². The molecule has 1 fully saturated rings. The lowest BCUT2D eigenvalue weighted by molar-refractivity contribution is 0.122. The molecule has 0 radical (unpaired) electrons. The Bertz CT molecular complexity index is 201. The normalized spacial score (nSPS) is 19.4. The summed E-state index contributed by atoms with van der Waals surface area (Å²) < 4.78 is 0. The molecule has 1 rings (SSSR count). The molecule has 0 atom stereocenters. The molecule has 0 aromatic heterocycles. The fourth-order valence-corrected chi connectivity index (χ4v) is 1.81. The second-order valence-electron chi connectivity index (χ2n) is 4.18. The van der Waals surface area contributed by atoms with E-state index in [1.54, 1.807) is 0 Å². The van der Waals surface area contributed by atoms with Crippen molar-refractivity contribution in [1.82, 2.24) is 4.90 Å². The summed E-state index contributed by atoms with van der Waals surface area (Å²) in [6.45, 7) is 3.46. The molecular formula is C11H23N3O2. The topological polar surface area (TPSA) is 71.1 Å². The molecule has 0 aliphatic carbocycles. The Balaban J connectivity index is 2.17. The minimum atomic E-state index is 0.127. The summed E-state index contributed by atoms with van der Waals surface area (Å²) in [4.78, 5) is 7.31. The van der Waals surface area contributed by atoms with Crippen molar-refractivity contribution in [2.45, 2.75) is 32.1 Å². The molecule has 1 saturated heterocycles. The van der Waals surface area contributed by atoms with Crippen LogP contribution in [-0.4, -0.2) is 48.7 Å². The van der Waals surface area contributed by atoms with Crippen LogP contribution in [0.25, 0.3) is 0 Å². The summed E-state index contributed by atoms with van der Waals surface area (Å²) in [5, 5.41) is 12.4. The molecule has 0 aromatic carbocycles. The number of oxime groups is 1. The number of hydrogen-bond acceptors (Lipinski definition) is 4. The van der Waals surface area contributed by atoms with Gasteiger partial charge in [0.1, 0.15) is 6.61 Å². The van der Waals surface area contributed by atoms with Gasteiger partial charge in [-0.1, -0.05) is 18.0 Å². The SMILES string of the molecule is NC(CN1CCCCCC1)=NOCCCO. The van der Waals surface area contributed by atoms with Gasteiger partial charge in [0, 0.05) is 13.0 Å². The number of nitrogens with zero attached hydrogens (tertiary/aromatic N) is 2. The quantitative estimate of drug-likeness (QED) is 0.302. The molecule has 16 heavy (non-hydrogen) atoms. The molecule has 0 unspecified atom stereocenters. The lowest BCUT2D eigenvalue weighted by atomic mass is 10.2. The second kappa shape index (κ2) is 8.35. The number of aliphatic hydroxyl groups excluding tert-OH is 1. The molecule has 0 saturated carbocycles. The third kappa shape index (κ3) is 5.92. The van der Waals surface area contributed by atoms with E-state index in [2.05, 4.69) is 10.1 Å². The second-order valence-corrected chi connectivity index (χ2v) is 4.18. The van der Waals surface area contributed by atoms with Crippen molar-refractivity contribution < 1.29 is 9.94 Å². The number of hydrogen-bond donors (Lipinski definition) is 2. The molecule has 1 aliphatic heterocycles. The maximum Gasteiger partial charge on any atom is 0.153 e. The van der Waals surface area contributed by atoms with Gasteiger partial charge in [0.15, 0.2) is 5.84 Å². The first-order valence-electron chi connectivity index (χ1n) is 6.10. The molecule has 1 aliphatic rings. The Morgan fingerprint density at radius 2 is 1.94 bits per heavy atom. The highest BCUT2D eigenvalue weighted by Crippen LogP contribution is 2.08. The highest BCUT2D eigenvalue weighted by Gasteiger charge is 2.10. The molecule has 5 heteroatoms. The van der Waals surface area contributed by atoms with Gasteiger partial charge in [0.25, 0.3) is 0 Å². The highest BCUT2D eigenvalue weighted by atomic mass is 16.6. The standard InChI is InChI=1S/C11H23N3O2/c12-11(13-16-9-5-8-15)10-14-6-3-1-2-4-7-14/h15H,1-10H2,(H2,12,13). The van der Waals surface area contributed by atoms with Crippen molar-refractivity contribution in [2.75, 3.05) is 32.8 Å². The minimum absolute atomic E-state index is 0.127. The first kappa shape index (κ1) is 13.3. The highest BCUT2D eigenvalue weighted by molar-refractivity contribution is 5.81. The number of amidine groups is 1. The van der Waals surface area contributed by atoms with Crippen LogP contribution < -0.4 is 5.73 Å². The van der Waals surface area contributed by atoms with Crippen LogP contribution in [0.2, 0.25) is 0 Å². The van der Waals surface area contributed by atoms with Crippen LogP contribution in [0.1, 0.15) is 32.1 Å². The monoisotopic (exact) mass is 229 g/mol. The van der Waals surface area contributed by atoms with Crippen LogP contribution in [0.15, 0.2) is 5.16 Å². The lowest BCUT2D eigenvalue weighted by Crippen LogP contribution is -2.34. The fourth-order valence-electron chi connectivity index (χ4n) is 1.81. The summed E-state index contributed by atoms with van der Waals surface area (Å²) in [7, 11) is 0. The zero-order valence-corrected chi connectivity index (χ0v) is 9.90. The van der Waals surface area contributed by atoms with Crippen LogP contribution >= 0.6 is 0 Å². The smallest absolute Gasteiger partial charge is 0.153 e. The van der Waals surface area contributed by atoms with E-state index in [-0.39, 0.29) is 6.61 Å². The van der Waals surface area contributed by atoms with Crippen molar-refractivity contribution in [3.05, 3.63) is 0 Å². The van der Waals surface area contributed by atoms with Gasteiger partial charge in [-0.25, -0.2) is 0 Å². The summed E-state index contributed by atoms with van der Waals surface area (Å²) in [5.74, 6) is 0.528. The maximum absolute atomic E-state index is 8.56. The Labute approximate surface area is 97.2 Å². The van der Waals surface area contributed by atoms with Crippen LogP contribution in [-0.2, 0) is 4.84 Å². The van der Waals surface area contributed by atoms with Crippen molar-refractivity contribution >= 4 is 5.84 Å². The molecule has 0 spiro atoms. The zero-order valence-electron chi connectivity index (χ0n) is 9.90. The van der Waals surface area contributed by atoms with Gasteiger partial charge in [-0.3, -0.25) is 4.90 Å². The summed E-state index contributed by atoms with van der Waals surface area (Å²) in [5.41, 5.74) is 5.76. The molecule has 94 valence electrons. The van der Waals surface area contributed by atoms with Crippen molar-refractivity contribution in [3.63, 3.8) is 0 Å². The number of likely N-dealkylation sites (tertiary alicyclic amines) is 1. The summed E-state index contributed by atoms with van der Waals surface area (Å²) >= 11 is 0. The third-order valence-electron chi connectivity index (χ3n) is 2.66. The molecule has 1 heterocycles. The molecule has 0 aromatic rings. The predicted molar refractivity (Wildman–Crippen MR) is 64.2 cm³/mol. The van der Waals surface area contributed by atoms with Gasteiger partial charge >= 0.3 is 0 Å². The number of nitrogens with two attached hydrogens (primary N) is 1. The Kier molecular flexibility index (Phi) is 6.92. The van der Waals surface area contributed by atoms with Gasteiger partial charge in [0.05, 0.1) is 6.54 Å². The van der Waals surface area contributed by atoms with Gasteiger partial charge in [0.2, 0.25) is 0 Å². The van der Waals surface area contributed by atoms with Crippen LogP contribution in [0, 0.1) is 0 Å². The van der Waals surface area contributed by atoms with Crippen LogP contribution in [0.3, 0.4) is 0 Å². The van der Waals surface area contributed by atoms with Gasteiger partial charge in [-0.15, -0.1) is 0 Å². The van der Waals surface area contributed by atoms with Crippen molar-refractivity contribution in [3.8, 4) is 0 Å². The van der Waals surface area contributed by atoms with E-state index in [0.717, 1.165) is 13.1 Å². The Hall–Kier alpha value is -0.810. The molecule has 5 nitrogen and oxygen atoms in total. The largest absolute Gasteiger partial charge is 0.396 e. The molecule has 0 amide bonds. The Morgan fingerprint density at radius 3 is 2.56 bits per heavy atom. The van der Waals surface area contributed by atoms with E-state index in [4.69, 9.17) is 15.7 Å². The molecular weight excluding hydrogens is 206 g/mol. The molecule has 3 N–H and O–H groups in total. The van der Waals surface area contributed by atoms with E-state index in [1.807, 2.05) is 0 Å². The van der Waals surface area contributed by atoms with E-state index in [1.165, 1.54) is 25.7 Å². The maximum atomic E-state index is 8.56. The van der Waals surface area contributed by atoms with Gasteiger partial charge in [-0.05, 0) is 25.9 Å². The third-order valence-corrected chi connectivity index (χ3v) is 2.66. The van der Waals surface area contributed by atoms with E-state index >= 15 is 0 Å². The van der Waals surface area contributed by atoms with Crippen LogP contribution in [0.4, 0.5) is 0 Å². The first-order valence-corrected chi connectivity index (χ1v) is 6.10. The average molecular weight is 229 g/mol. The van der Waals surface area contributed by atoms with Gasteiger partial charge in [-0.2, -0.15) is 0 Å². The first-order chi connectivity index (χ1) is 7.83. The van der Waals surface area contributed by atoms with Crippen molar-refractivity contribution in [1.29, 1.82) is 0 Å². The lowest BCUT2D eigenvalue weighted by Gasteiger charge is -2.18. The summed E-state index contributed by atoms with van der Waals surface area (Å²) in [6, 6.07) is 0. The number of rotatable bonds is 6. The van der Waals surface area contributed by atoms with Gasteiger partial charge < -0.3 is 15.7 Å². The van der Waals surface area contributed by atoms with E-state index in [9.17, 15) is 0 Å². The molecule has 0 bridgehead atoms. The zero-order chi connectivity index (χ0) is 11.6. The number of aliphatic hydroxyl groups is 1. The Morgan fingerprint density at radius 1 is 1.25 bits per heavy atom.